The first kappa shape index (κ1) is 13.8. The zero-order chi connectivity index (χ0) is 14.5. The van der Waals surface area contributed by atoms with Gasteiger partial charge in [0.1, 0.15) is 11.5 Å². The van der Waals surface area contributed by atoms with Gasteiger partial charge in [0.25, 0.3) is 0 Å². The van der Waals surface area contributed by atoms with Crippen molar-refractivity contribution < 1.29 is 9.47 Å². The van der Waals surface area contributed by atoms with Crippen molar-refractivity contribution in [2.45, 2.75) is 51.4 Å². The van der Waals surface area contributed by atoms with E-state index in [1.165, 1.54) is 30.4 Å². The lowest BCUT2D eigenvalue weighted by Gasteiger charge is -2.50. The Balaban J connectivity index is 2.24. The first-order chi connectivity index (χ1) is 9.48. The van der Waals surface area contributed by atoms with Gasteiger partial charge in [0.2, 0.25) is 0 Å². The number of hydrogen-bond acceptors (Lipinski definition) is 2. The zero-order valence-electron chi connectivity index (χ0n) is 13.3. The van der Waals surface area contributed by atoms with Crippen molar-refractivity contribution in [1.82, 2.24) is 0 Å². The third-order valence-corrected chi connectivity index (χ3v) is 5.85. The maximum atomic E-state index is 5.71. The molecule has 3 rings (SSSR count). The molecule has 0 N–H and O–H groups in total. The average molecular weight is 274 g/mol. The first-order valence-corrected chi connectivity index (χ1v) is 7.75. The van der Waals surface area contributed by atoms with E-state index in [0.29, 0.717) is 5.92 Å². The Morgan fingerprint density at radius 1 is 1.10 bits per heavy atom. The zero-order valence-corrected chi connectivity index (χ0v) is 13.3. The maximum absolute atomic E-state index is 5.71. The molecule has 0 saturated heterocycles. The smallest absolute Gasteiger partial charge is 0.126 e. The van der Waals surface area contributed by atoms with Crippen LogP contribution in [-0.2, 0) is 5.41 Å². The quantitative estimate of drug-likeness (QED) is 0.789. The second-order valence-electron chi connectivity index (χ2n) is 7.11. The van der Waals surface area contributed by atoms with Gasteiger partial charge in [-0.25, -0.2) is 0 Å². The van der Waals surface area contributed by atoms with Gasteiger partial charge in [-0.15, -0.1) is 0 Å². The molecule has 0 aliphatic heterocycles. The molecule has 3 atom stereocenters. The Morgan fingerprint density at radius 2 is 1.85 bits per heavy atom. The van der Waals surface area contributed by atoms with E-state index < -0.39 is 0 Å². The topological polar surface area (TPSA) is 18.5 Å². The largest absolute Gasteiger partial charge is 0.497 e. The Hall–Kier alpha value is -1.18. The molecule has 1 fully saturated rings. The van der Waals surface area contributed by atoms with Gasteiger partial charge in [-0.1, -0.05) is 20.8 Å². The first-order valence-electron chi connectivity index (χ1n) is 7.75. The molecule has 1 aromatic rings. The minimum atomic E-state index is 0.216. The summed E-state index contributed by atoms with van der Waals surface area (Å²) < 4.78 is 11.2. The number of rotatable bonds is 2. The third-order valence-electron chi connectivity index (χ3n) is 5.85. The molecule has 2 aliphatic carbocycles. The standard InChI is InChI=1S/C18H26O2/c1-11-6-7-12-8-14(11)17-15(18(12,2)3)9-13(19-4)10-16(17)20-5/h9-12,14H,6-8H2,1-5H3/t11-,12-,14-/m1/s1. The fourth-order valence-electron chi connectivity index (χ4n) is 4.40. The normalized spacial score (nSPS) is 30.6. The van der Waals surface area contributed by atoms with Crippen LogP contribution in [0.1, 0.15) is 57.1 Å². The summed E-state index contributed by atoms with van der Waals surface area (Å²) in [5.74, 6) is 4.12. The van der Waals surface area contributed by atoms with E-state index in [1.54, 1.807) is 14.2 Å². The summed E-state index contributed by atoms with van der Waals surface area (Å²) in [7, 11) is 3.52. The molecule has 2 nitrogen and oxygen atoms in total. The van der Waals surface area contributed by atoms with Crippen molar-refractivity contribution >= 4 is 0 Å². The maximum Gasteiger partial charge on any atom is 0.126 e. The van der Waals surface area contributed by atoms with Gasteiger partial charge in [0.15, 0.2) is 0 Å². The summed E-state index contributed by atoms with van der Waals surface area (Å²) in [4.78, 5) is 0. The van der Waals surface area contributed by atoms with E-state index in [9.17, 15) is 0 Å². The van der Waals surface area contributed by atoms with Crippen molar-refractivity contribution in [3.63, 3.8) is 0 Å². The molecule has 2 bridgehead atoms. The fraction of sp³-hybridized carbons (Fsp3) is 0.667. The molecule has 0 amide bonds. The van der Waals surface area contributed by atoms with E-state index in [4.69, 9.17) is 9.47 Å². The van der Waals surface area contributed by atoms with Crippen LogP contribution in [0.4, 0.5) is 0 Å². The third kappa shape index (κ3) is 1.84. The van der Waals surface area contributed by atoms with Crippen molar-refractivity contribution in [3.8, 4) is 11.5 Å². The van der Waals surface area contributed by atoms with Crippen LogP contribution >= 0.6 is 0 Å². The molecule has 0 radical (unpaired) electrons. The second kappa shape index (κ2) is 4.68. The van der Waals surface area contributed by atoms with Gasteiger partial charge in [0, 0.05) is 11.6 Å². The van der Waals surface area contributed by atoms with E-state index in [2.05, 4.69) is 32.9 Å². The molecular formula is C18H26O2. The van der Waals surface area contributed by atoms with Crippen LogP contribution in [0.2, 0.25) is 0 Å². The van der Waals surface area contributed by atoms with Gasteiger partial charge < -0.3 is 9.47 Å². The highest BCUT2D eigenvalue weighted by molar-refractivity contribution is 5.53. The Kier molecular flexibility index (Phi) is 3.23. The predicted octanol–water partition coefficient (Wildman–Crippen LogP) is 4.51. The molecule has 0 spiro atoms. The Bertz CT molecular complexity index is 518. The highest BCUT2D eigenvalue weighted by atomic mass is 16.5. The van der Waals surface area contributed by atoms with Gasteiger partial charge in [-0.05, 0) is 54.1 Å². The summed E-state index contributed by atoms with van der Waals surface area (Å²) >= 11 is 0. The fourth-order valence-corrected chi connectivity index (χ4v) is 4.40. The van der Waals surface area contributed by atoms with Crippen LogP contribution in [0.5, 0.6) is 11.5 Å². The van der Waals surface area contributed by atoms with Crippen molar-refractivity contribution in [2.75, 3.05) is 14.2 Å². The van der Waals surface area contributed by atoms with Gasteiger partial charge in [0.05, 0.1) is 14.2 Å². The minimum absolute atomic E-state index is 0.216. The lowest BCUT2D eigenvalue weighted by molar-refractivity contribution is 0.150. The summed E-state index contributed by atoms with van der Waals surface area (Å²) in [5.41, 5.74) is 3.11. The molecule has 110 valence electrons. The summed E-state index contributed by atoms with van der Waals surface area (Å²) in [6.45, 7) is 7.18. The van der Waals surface area contributed by atoms with Crippen LogP contribution in [0.15, 0.2) is 12.1 Å². The van der Waals surface area contributed by atoms with Crippen molar-refractivity contribution in [2.24, 2.45) is 11.8 Å². The molecular weight excluding hydrogens is 248 g/mol. The van der Waals surface area contributed by atoms with Crippen LogP contribution in [0.25, 0.3) is 0 Å². The van der Waals surface area contributed by atoms with E-state index in [1.807, 2.05) is 0 Å². The molecule has 2 aliphatic rings. The minimum Gasteiger partial charge on any atom is -0.497 e. The second-order valence-corrected chi connectivity index (χ2v) is 7.11. The Morgan fingerprint density at radius 3 is 2.50 bits per heavy atom. The van der Waals surface area contributed by atoms with Crippen LogP contribution in [0, 0.1) is 11.8 Å². The van der Waals surface area contributed by atoms with Gasteiger partial charge >= 0.3 is 0 Å². The monoisotopic (exact) mass is 274 g/mol. The van der Waals surface area contributed by atoms with E-state index in [0.717, 1.165) is 23.3 Å². The van der Waals surface area contributed by atoms with Crippen molar-refractivity contribution in [3.05, 3.63) is 23.3 Å². The molecule has 20 heavy (non-hydrogen) atoms. The number of fused-ring (bicyclic) bond motifs is 4. The lowest BCUT2D eigenvalue weighted by atomic mass is 9.55. The SMILES string of the molecule is COc1cc(OC)c2c(c1)C(C)(C)[C@@H]1CC[C@@H](C)[C@H]2C1. The van der Waals surface area contributed by atoms with Crippen molar-refractivity contribution in [1.29, 1.82) is 0 Å². The number of hydrogen-bond donors (Lipinski definition) is 0. The number of methoxy groups -OCH3 is 2. The van der Waals surface area contributed by atoms with Crippen LogP contribution in [-0.4, -0.2) is 14.2 Å². The highest BCUT2D eigenvalue weighted by Crippen LogP contribution is 2.57. The molecule has 1 saturated carbocycles. The van der Waals surface area contributed by atoms with E-state index in [-0.39, 0.29) is 5.41 Å². The summed E-state index contributed by atoms with van der Waals surface area (Å²) in [5, 5.41) is 0. The predicted molar refractivity (Wildman–Crippen MR) is 81.8 cm³/mol. The number of benzene rings is 1. The molecule has 1 aromatic carbocycles. The molecule has 0 aromatic heterocycles. The lowest BCUT2D eigenvalue weighted by Crippen LogP contribution is -2.40. The van der Waals surface area contributed by atoms with Gasteiger partial charge in [-0.2, -0.15) is 0 Å². The summed E-state index contributed by atoms with van der Waals surface area (Å²) in [6.07, 6.45) is 4.00. The Labute approximate surface area is 122 Å². The number of ether oxygens (including phenoxy) is 2. The summed E-state index contributed by atoms with van der Waals surface area (Å²) in [6, 6.07) is 4.30. The molecule has 2 heteroatoms. The highest BCUT2D eigenvalue weighted by Gasteiger charge is 2.46. The molecule has 0 unspecified atom stereocenters. The van der Waals surface area contributed by atoms with Crippen LogP contribution in [0.3, 0.4) is 0 Å². The van der Waals surface area contributed by atoms with Crippen LogP contribution < -0.4 is 9.47 Å². The van der Waals surface area contributed by atoms with E-state index >= 15 is 0 Å². The molecule has 0 heterocycles. The van der Waals surface area contributed by atoms with Gasteiger partial charge in [-0.3, -0.25) is 0 Å². The average Bonchev–Trinajstić information content (AvgIpc) is 2.45.